The second-order valence-corrected chi connectivity index (χ2v) is 14.4. The molecule has 2 aromatic carbocycles. The van der Waals surface area contributed by atoms with Crippen molar-refractivity contribution in [3.05, 3.63) is 64.3 Å². The van der Waals surface area contributed by atoms with E-state index in [4.69, 9.17) is 37.6 Å². The second kappa shape index (κ2) is 27.1. The normalized spacial score (nSPS) is 10.8. The Morgan fingerprint density at radius 1 is 0.549 bits per heavy atom. The summed E-state index contributed by atoms with van der Waals surface area (Å²) < 4.78 is 91.6. The first-order chi connectivity index (χ1) is 33.7. The van der Waals surface area contributed by atoms with Gasteiger partial charge in [0.15, 0.2) is 17.4 Å². The summed E-state index contributed by atoms with van der Waals surface area (Å²) in [5, 5.41) is -0.0130. The highest BCUT2D eigenvalue weighted by atomic mass is 19.1. The van der Waals surface area contributed by atoms with E-state index in [1.165, 1.54) is 23.1 Å². The van der Waals surface area contributed by atoms with Gasteiger partial charge in [-0.2, -0.15) is 0 Å². The van der Waals surface area contributed by atoms with E-state index in [9.17, 15) is 47.9 Å². The number of nitrogens with zero attached hydrogens (tertiary/aromatic N) is 2. The standard InChI is InChI=1S/C45H46F2N2O22/c1-25(50)62-21-66-41(56)17-48(18-42(57)67-22-63-26(2)51)8-9-60-10-11-61-40-12-30(6-7-35(40)49(19-43(58)68-23-64-27(3)52)20-44(59)69-24-65-28(4)53)45-31-13-33(46)36(55)15-37(31)71-38-16-39(70-29(5)54)34(47)14-32(38)45/h6-7,12-16H,8-11,17-24H2,1-5H3. The maximum absolute atomic E-state index is 15.6. The molecule has 0 unspecified atom stereocenters. The number of anilines is 1. The number of hydrogen-bond donors (Lipinski definition) is 0. The Labute approximate surface area is 400 Å². The Balaban J connectivity index is 1.73. The number of esters is 9. The van der Waals surface area contributed by atoms with Crippen molar-refractivity contribution in [3.8, 4) is 33.9 Å². The van der Waals surface area contributed by atoms with Gasteiger partial charge in [-0.1, -0.05) is 6.07 Å². The van der Waals surface area contributed by atoms with Gasteiger partial charge in [-0.25, -0.2) is 8.78 Å². The monoisotopic (exact) mass is 1000 g/mol. The number of hydrogen-bond acceptors (Lipinski definition) is 24. The molecule has 0 aromatic heterocycles. The van der Waals surface area contributed by atoms with Gasteiger partial charge in [-0.05, 0) is 29.8 Å². The van der Waals surface area contributed by atoms with E-state index in [0.717, 1.165) is 63.8 Å². The maximum Gasteiger partial charge on any atom is 0.328 e. The van der Waals surface area contributed by atoms with Crippen LogP contribution < -0.4 is 19.8 Å². The van der Waals surface area contributed by atoms with Crippen LogP contribution in [-0.2, 0) is 85.8 Å². The smallest absolute Gasteiger partial charge is 0.328 e. The third-order valence-electron chi connectivity index (χ3n) is 8.98. The van der Waals surface area contributed by atoms with Gasteiger partial charge in [-0.3, -0.25) is 52.8 Å². The molecule has 4 rings (SSSR count). The Hall–Kier alpha value is -8.26. The fourth-order valence-corrected chi connectivity index (χ4v) is 6.00. The molecule has 0 saturated heterocycles. The van der Waals surface area contributed by atoms with Crippen LogP contribution in [0.15, 0.2) is 51.7 Å². The van der Waals surface area contributed by atoms with Crippen molar-refractivity contribution in [1.82, 2.24) is 4.90 Å². The molecule has 2 aromatic rings. The van der Waals surface area contributed by atoms with E-state index in [1.54, 1.807) is 0 Å². The van der Waals surface area contributed by atoms with E-state index in [0.29, 0.717) is 0 Å². The number of fused-ring (bicyclic) bond motifs is 2. The van der Waals surface area contributed by atoms with E-state index >= 15 is 8.78 Å². The van der Waals surface area contributed by atoms with Gasteiger partial charge in [0.2, 0.25) is 32.6 Å². The van der Waals surface area contributed by atoms with E-state index in [2.05, 4.69) is 18.9 Å². The Morgan fingerprint density at radius 3 is 1.58 bits per heavy atom. The first-order valence-electron chi connectivity index (χ1n) is 20.8. The molecule has 1 aliphatic heterocycles. The van der Waals surface area contributed by atoms with Crippen molar-refractivity contribution < 1.29 is 108 Å². The maximum atomic E-state index is 15.6. The van der Waals surface area contributed by atoms with Crippen molar-refractivity contribution in [2.45, 2.75) is 34.6 Å². The molecule has 382 valence electrons. The highest BCUT2D eigenvalue weighted by Gasteiger charge is 2.26. The van der Waals surface area contributed by atoms with Gasteiger partial charge in [-0.15, -0.1) is 0 Å². The van der Waals surface area contributed by atoms with Crippen molar-refractivity contribution in [1.29, 1.82) is 0 Å². The molecule has 0 saturated carbocycles. The van der Waals surface area contributed by atoms with Gasteiger partial charge < -0.3 is 61.4 Å². The lowest BCUT2D eigenvalue weighted by Crippen LogP contribution is -2.38. The van der Waals surface area contributed by atoms with Crippen molar-refractivity contribution in [2.24, 2.45) is 0 Å². The summed E-state index contributed by atoms with van der Waals surface area (Å²) in [7, 11) is 0. The van der Waals surface area contributed by atoms with E-state index in [1.807, 2.05) is 0 Å². The summed E-state index contributed by atoms with van der Waals surface area (Å²) in [5.74, 6) is -10.8. The Morgan fingerprint density at radius 2 is 1.07 bits per heavy atom. The van der Waals surface area contributed by atoms with Crippen molar-refractivity contribution in [2.75, 3.05) is 84.6 Å². The third kappa shape index (κ3) is 18.3. The van der Waals surface area contributed by atoms with Gasteiger partial charge in [0.05, 0.1) is 32.0 Å². The molecule has 0 N–H and O–H groups in total. The molecule has 1 aliphatic carbocycles. The van der Waals surface area contributed by atoms with Crippen LogP contribution in [0.1, 0.15) is 34.6 Å². The lowest BCUT2D eigenvalue weighted by Gasteiger charge is -2.26. The summed E-state index contributed by atoms with van der Waals surface area (Å²) in [6.07, 6.45) is 0. The molecule has 2 aliphatic rings. The minimum atomic E-state index is -1.20. The average molecular weight is 1000 g/mol. The molecule has 0 fully saturated rings. The SMILES string of the molecule is CC(=O)OCOC(=O)CN(CCOCCOc1cc(-c2c3cc(F)c(=O)cc-3oc3cc(OC(C)=O)c(F)cc23)ccc1N(CC(=O)OCOC(C)=O)CC(=O)OCOC(C)=O)CC(=O)OCOC(C)=O. The molecule has 0 bridgehead atoms. The van der Waals surface area contributed by atoms with Crippen LogP contribution in [0.2, 0.25) is 0 Å². The number of benzene rings is 3. The minimum Gasteiger partial charge on any atom is -0.489 e. The van der Waals surface area contributed by atoms with Gasteiger partial charge in [0.25, 0.3) is 0 Å². The molecular weight excluding hydrogens is 958 g/mol. The molecular formula is C45H46F2N2O22. The first kappa shape index (κ1) is 55.3. The average Bonchev–Trinajstić information content (AvgIpc) is 3.26. The molecule has 71 heavy (non-hydrogen) atoms. The van der Waals surface area contributed by atoms with Crippen LogP contribution in [-0.4, -0.2) is 138 Å². The van der Waals surface area contributed by atoms with Crippen LogP contribution in [0.25, 0.3) is 33.4 Å². The third-order valence-corrected chi connectivity index (χ3v) is 8.98. The Kier molecular flexibility index (Phi) is 21.1. The van der Waals surface area contributed by atoms with Crippen LogP contribution in [0, 0.1) is 11.6 Å². The summed E-state index contributed by atoms with van der Waals surface area (Å²) in [5.41, 5.74) is -1.03. The summed E-state index contributed by atoms with van der Waals surface area (Å²) in [6, 6.07) is 7.81. The zero-order valence-electron chi connectivity index (χ0n) is 38.7. The fraction of sp³-hybridized carbons (Fsp3) is 0.378. The molecule has 0 spiro atoms. The molecule has 0 atom stereocenters. The van der Waals surface area contributed by atoms with Crippen LogP contribution >= 0.6 is 0 Å². The highest BCUT2D eigenvalue weighted by Crippen LogP contribution is 2.44. The van der Waals surface area contributed by atoms with E-state index < -0.39 is 130 Å². The fourth-order valence-electron chi connectivity index (χ4n) is 6.00. The van der Waals surface area contributed by atoms with Crippen LogP contribution in [0.4, 0.5) is 14.5 Å². The van der Waals surface area contributed by atoms with Crippen LogP contribution in [0.3, 0.4) is 0 Å². The van der Waals surface area contributed by atoms with E-state index in [-0.39, 0.29) is 71.2 Å². The largest absolute Gasteiger partial charge is 0.489 e. The van der Waals surface area contributed by atoms with Gasteiger partial charge in [0.1, 0.15) is 36.8 Å². The number of carbonyl (C=O) groups excluding carboxylic acids is 9. The van der Waals surface area contributed by atoms with Gasteiger partial charge in [0, 0.05) is 69.8 Å². The second-order valence-electron chi connectivity index (χ2n) is 14.4. The predicted octanol–water partition coefficient (Wildman–Crippen LogP) is 2.53. The molecule has 24 nitrogen and oxygen atoms in total. The topological polar surface area (TPSA) is 292 Å². The Bertz CT molecular complexity index is 2580. The molecule has 0 amide bonds. The quantitative estimate of drug-likeness (QED) is 0.0218. The number of carbonyl (C=O) groups is 9. The summed E-state index contributed by atoms with van der Waals surface area (Å²) >= 11 is 0. The van der Waals surface area contributed by atoms with Crippen molar-refractivity contribution in [3.63, 3.8) is 0 Å². The number of rotatable bonds is 26. The molecule has 26 heteroatoms. The number of halogens is 2. The van der Waals surface area contributed by atoms with Gasteiger partial charge >= 0.3 is 53.7 Å². The zero-order chi connectivity index (χ0) is 52.2. The summed E-state index contributed by atoms with van der Waals surface area (Å²) in [6.45, 7) is -1.02. The highest BCUT2D eigenvalue weighted by molar-refractivity contribution is 6.03. The van der Waals surface area contributed by atoms with Crippen molar-refractivity contribution >= 4 is 70.4 Å². The zero-order valence-corrected chi connectivity index (χ0v) is 38.7. The predicted molar refractivity (Wildman–Crippen MR) is 232 cm³/mol. The minimum absolute atomic E-state index is 0.0130. The lowest BCUT2D eigenvalue weighted by atomic mass is 9.93. The number of ether oxygens (including phenoxy) is 11. The molecule has 0 radical (unpaired) electrons. The van der Waals surface area contributed by atoms with Crippen LogP contribution in [0.5, 0.6) is 11.5 Å². The molecule has 1 heterocycles. The lowest BCUT2D eigenvalue weighted by molar-refractivity contribution is -0.170. The first-order valence-corrected chi connectivity index (χ1v) is 20.8. The summed E-state index contributed by atoms with van der Waals surface area (Å²) in [4.78, 5) is 122.